The van der Waals surface area contributed by atoms with E-state index < -0.39 is 0 Å². The molecule has 1 unspecified atom stereocenters. The number of hydrogen-bond donors (Lipinski definition) is 1. The van der Waals surface area contributed by atoms with Crippen molar-refractivity contribution >= 4 is 0 Å². The van der Waals surface area contributed by atoms with Crippen molar-refractivity contribution in [1.82, 2.24) is 10.5 Å². The Bertz CT molecular complexity index is 339. The Kier molecular flexibility index (Phi) is 9.33. The van der Waals surface area contributed by atoms with Crippen LogP contribution < -0.4 is 5.32 Å². The fraction of sp³-hybridized carbons (Fsp3) is 0.812. The van der Waals surface area contributed by atoms with Gasteiger partial charge in [0.1, 0.15) is 6.61 Å². The fourth-order valence-electron chi connectivity index (χ4n) is 2.12. The van der Waals surface area contributed by atoms with Crippen molar-refractivity contribution < 1.29 is 9.26 Å². The molecule has 0 amide bonds. The second-order valence-corrected chi connectivity index (χ2v) is 5.39. The number of hydrogen-bond acceptors (Lipinski definition) is 4. The average Bonchev–Trinajstić information content (AvgIpc) is 2.91. The van der Waals surface area contributed by atoms with Crippen molar-refractivity contribution in [1.29, 1.82) is 0 Å². The molecule has 0 aliphatic carbocycles. The number of rotatable bonds is 12. The molecule has 0 aliphatic heterocycles. The number of nitrogens with one attached hydrogen (secondary N) is 1. The van der Waals surface area contributed by atoms with E-state index in [1.54, 1.807) is 0 Å². The van der Waals surface area contributed by atoms with Crippen molar-refractivity contribution in [3.8, 4) is 0 Å². The van der Waals surface area contributed by atoms with E-state index in [4.69, 9.17) is 9.26 Å². The Morgan fingerprint density at radius 1 is 1.30 bits per heavy atom. The summed E-state index contributed by atoms with van der Waals surface area (Å²) in [5.74, 6) is 1.49. The highest BCUT2D eigenvalue weighted by molar-refractivity contribution is 5.04. The zero-order valence-corrected chi connectivity index (χ0v) is 13.3. The second kappa shape index (κ2) is 10.9. The van der Waals surface area contributed by atoms with E-state index in [0.29, 0.717) is 12.5 Å². The van der Waals surface area contributed by atoms with Gasteiger partial charge >= 0.3 is 0 Å². The summed E-state index contributed by atoms with van der Waals surface area (Å²) in [7, 11) is 0. The molecule has 1 rings (SSSR count). The molecule has 4 heteroatoms. The minimum atomic E-state index is 0.531. The van der Waals surface area contributed by atoms with Gasteiger partial charge in [-0.25, -0.2) is 0 Å². The summed E-state index contributed by atoms with van der Waals surface area (Å²) in [6, 6.07) is 1.98. The van der Waals surface area contributed by atoms with Crippen LogP contribution in [-0.2, 0) is 17.9 Å². The predicted octanol–water partition coefficient (Wildman–Crippen LogP) is 3.91. The zero-order valence-electron chi connectivity index (χ0n) is 13.3. The Labute approximate surface area is 123 Å². The van der Waals surface area contributed by atoms with Gasteiger partial charge < -0.3 is 14.6 Å². The van der Waals surface area contributed by atoms with Crippen LogP contribution in [0.3, 0.4) is 0 Å². The number of ether oxygens (including phenoxy) is 1. The van der Waals surface area contributed by atoms with Crippen LogP contribution in [0, 0.1) is 5.92 Å². The van der Waals surface area contributed by atoms with Crippen LogP contribution >= 0.6 is 0 Å². The maximum atomic E-state index is 5.75. The maximum Gasteiger partial charge on any atom is 0.162 e. The molecule has 1 N–H and O–H groups in total. The molecule has 1 heterocycles. The van der Waals surface area contributed by atoms with E-state index in [2.05, 4.69) is 31.2 Å². The van der Waals surface area contributed by atoms with Gasteiger partial charge in [0.15, 0.2) is 5.76 Å². The maximum absolute atomic E-state index is 5.75. The first-order chi connectivity index (χ1) is 9.80. The van der Waals surface area contributed by atoms with Gasteiger partial charge in [-0.2, -0.15) is 0 Å². The van der Waals surface area contributed by atoms with Gasteiger partial charge in [-0.1, -0.05) is 45.2 Å². The van der Waals surface area contributed by atoms with Crippen molar-refractivity contribution in [2.45, 2.75) is 66.0 Å². The lowest BCUT2D eigenvalue weighted by Gasteiger charge is -2.13. The highest BCUT2D eigenvalue weighted by Crippen LogP contribution is 2.14. The molecule has 1 atom stereocenters. The Balaban J connectivity index is 2.20. The van der Waals surface area contributed by atoms with Crippen LogP contribution in [0.2, 0.25) is 0 Å². The molecule has 0 saturated heterocycles. The van der Waals surface area contributed by atoms with Crippen LogP contribution in [0.25, 0.3) is 0 Å². The Morgan fingerprint density at radius 3 is 2.85 bits per heavy atom. The third-order valence-corrected chi connectivity index (χ3v) is 3.48. The largest absolute Gasteiger partial charge is 0.373 e. The van der Waals surface area contributed by atoms with Gasteiger partial charge in [0.2, 0.25) is 0 Å². The van der Waals surface area contributed by atoms with E-state index in [9.17, 15) is 0 Å². The number of aromatic nitrogens is 1. The SMILES string of the molecule is CCCCC(CC)COCc1cc(CNCCC)no1. The first kappa shape index (κ1) is 17.2. The molecule has 0 bridgehead atoms. The summed E-state index contributed by atoms with van der Waals surface area (Å²) in [4.78, 5) is 0. The van der Waals surface area contributed by atoms with E-state index in [0.717, 1.165) is 37.6 Å². The van der Waals surface area contributed by atoms with Crippen LogP contribution in [-0.4, -0.2) is 18.3 Å². The molecule has 0 aromatic carbocycles. The molecule has 0 spiro atoms. The minimum absolute atomic E-state index is 0.531. The molecule has 116 valence electrons. The normalized spacial score (nSPS) is 12.8. The van der Waals surface area contributed by atoms with E-state index >= 15 is 0 Å². The lowest BCUT2D eigenvalue weighted by molar-refractivity contribution is 0.0675. The number of nitrogens with zero attached hydrogens (tertiary/aromatic N) is 1. The topological polar surface area (TPSA) is 47.3 Å². The van der Waals surface area contributed by atoms with Gasteiger partial charge in [-0.05, 0) is 25.3 Å². The highest BCUT2D eigenvalue weighted by Gasteiger charge is 2.08. The van der Waals surface area contributed by atoms with Crippen LogP contribution in [0.4, 0.5) is 0 Å². The van der Waals surface area contributed by atoms with Gasteiger partial charge in [-0.3, -0.25) is 0 Å². The van der Waals surface area contributed by atoms with E-state index in [-0.39, 0.29) is 0 Å². The fourth-order valence-corrected chi connectivity index (χ4v) is 2.12. The molecule has 0 radical (unpaired) electrons. The summed E-state index contributed by atoms with van der Waals surface area (Å²) in [5.41, 5.74) is 0.954. The monoisotopic (exact) mass is 282 g/mol. The van der Waals surface area contributed by atoms with Crippen molar-refractivity contribution in [3.63, 3.8) is 0 Å². The molecular weight excluding hydrogens is 252 g/mol. The zero-order chi connectivity index (χ0) is 14.6. The van der Waals surface area contributed by atoms with Gasteiger partial charge in [0.25, 0.3) is 0 Å². The summed E-state index contributed by atoms with van der Waals surface area (Å²) in [5, 5.41) is 7.35. The minimum Gasteiger partial charge on any atom is -0.373 e. The lowest BCUT2D eigenvalue weighted by atomic mass is 10.0. The molecule has 4 nitrogen and oxygen atoms in total. The molecule has 1 aromatic heterocycles. The Morgan fingerprint density at radius 2 is 2.15 bits per heavy atom. The molecule has 0 aliphatic rings. The van der Waals surface area contributed by atoms with Crippen molar-refractivity contribution in [2.75, 3.05) is 13.2 Å². The quantitative estimate of drug-likeness (QED) is 0.590. The first-order valence-electron chi connectivity index (χ1n) is 8.03. The number of unbranched alkanes of at least 4 members (excludes halogenated alkanes) is 1. The van der Waals surface area contributed by atoms with Crippen molar-refractivity contribution in [3.05, 3.63) is 17.5 Å². The predicted molar refractivity (Wildman–Crippen MR) is 81.5 cm³/mol. The third kappa shape index (κ3) is 7.06. The third-order valence-electron chi connectivity index (χ3n) is 3.48. The van der Waals surface area contributed by atoms with Crippen LogP contribution in [0.15, 0.2) is 10.6 Å². The molecule has 1 aromatic rings. The standard InChI is InChI=1S/C16H30N2O2/c1-4-7-8-14(6-3)12-19-13-16-10-15(18-20-16)11-17-9-5-2/h10,14,17H,4-9,11-13H2,1-3H3. The summed E-state index contributed by atoms with van der Waals surface area (Å²) in [6.07, 6.45) is 6.12. The summed E-state index contributed by atoms with van der Waals surface area (Å²) in [6.45, 7) is 9.74. The summed E-state index contributed by atoms with van der Waals surface area (Å²) < 4.78 is 11.0. The van der Waals surface area contributed by atoms with Crippen molar-refractivity contribution in [2.24, 2.45) is 5.92 Å². The molecule has 0 fully saturated rings. The first-order valence-corrected chi connectivity index (χ1v) is 8.03. The second-order valence-electron chi connectivity index (χ2n) is 5.39. The average molecular weight is 282 g/mol. The smallest absolute Gasteiger partial charge is 0.162 e. The summed E-state index contributed by atoms with van der Waals surface area (Å²) >= 11 is 0. The lowest BCUT2D eigenvalue weighted by Crippen LogP contribution is -2.13. The molecular formula is C16H30N2O2. The van der Waals surface area contributed by atoms with E-state index in [1.165, 1.54) is 25.7 Å². The van der Waals surface area contributed by atoms with E-state index in [1.807, 2.05) is 6.07 Å². The van der Waals surface area contributed by atoms with Crippen LogP contribution in [0.1, 0.15) is 64.3 Å². The molecule has 20 heavy (non-hydrogen) atoms. The van der Waals surface area contributed by atoms with Crippen LogP contribution in [0.5, 0.6) is 0 Å². The highest BCUT2D eigenvalue weighted by atomic mass is 16.5. The van der Waals surface area contributed by atoms with Gasteiger partial charge in [-0.15, -0.1) is 0 Å². The molecule has 0 saturated carbocycles. The van der Waals surface area contributed by atoms with Gasteiger partial charge in [0.05, 0.1) is 5.69 Å². The van der Waals surface area contributed by atoms with Gasteiger partial charge in [0, 0.05) is 19.2 Å². The Hall–Kier alpha value is -0.870.